The van der Waals surface area contributed by atoms with Crippen LogP contribution in [0.1, 0.15) is 24.8 Å². The number of hydrogen-bond donors (Lipinski definition) is 0. The molecule has 0 bridgehead atoms. The van der Waals surface area contributed by atoms with E-state index in [4.69, 9.17) is 21.1 Å². The van der Waals surface area contributed by atoms with Gasteiger partial charge >= 0.3 is 0 Å². The van der Waals surface area contributed by atoms with Gasteiger partial charge < -0.3 is 14.4 Å². The molecule has 0 N–H and O–H groups in total. The summed E-state index contributed by atoms with van der Waals surface area (Å²) < 4.78 is 40.0. The van der Waals surface area contributed by atoms with Crippen molar-refractivity contribution in [2.24, 2.45) is 5.41 Å². The molecule has 0 aromatic heterocycles. The number of halogens is 1. The first-order chi connectivity index (χ1) is 18.2. The molecule has 1 aliphatic heterocycles. The van der Waals surface area contributed by atoms with Gasteiger partial charge in [0.1, 0.15) is 11.5 Å². The highest BCUT2D eigenvalue weighted by molar-refractivity contribution is 7.89. The fraction of sp³-hybridized carbons (Fsp3) is 0.345. The molecular weight excluding hydrogens is 524 g/mol. The number of nitrogens with zero attached hydrogens (tertiary/aromatic N) is 2. The van der Waals surface area contributed by atoms with Gasteiger partial charge in [0.2, 0.25) is 15.9 Å². The Morgan fingerprint density at radius 3 is 2.32 bits per heavy atom. The van der Waals surface area contributed by atoms with Gasteiger partial charge in [-0.25, -0.2) is 8.42 Å². The predicted octanol–water partition coefficient (Wildman–Crippen LogP) is 5.25. The molecule has 1 atom stereocenters. The highest BCUT2D eigenvalue weighted by Crippen LogP contribution is 2.37. The Morgan fingerprint density at radius 2 is 1.66 bits per heavy atom. The minimum absolute atomic E-state index is 0.0581. The predicted molar refractivity (Wildman–Crippen MR) is 148 cm³/mol. The molecule has 3 aromatic rings. The zero-order chi connectivity index (χ0) is 27.2. The highest BCUT2D eigenvalue weighted by Gasteiger charge is 2.43. The van der Waals surface area contributed by atoms with Gasteiger partial charge in [0, 0.05) is 43.5 Å². The molecule has 1 saturated heterocycles. The Morgan fingerprint density at radius 1 is 1.00 bits per heavy atom. The lowest BCUT2D eigenvalue weighted by Gasteiger charge is -2.42. The Labute approximate surface area is 230 Å². The normalized spacial score (nSPS) is 18.1. The topological polar surface area (TPSA) is 76.1 Å². The summed E-state index contributed by atoms with van der Waals surface area (Å²) >= 11 is 6.02. The standard InChI is InChI=1S/C29H33ClN2O5S/c1-31(20-23-7-4-3-5-8-23)28(33)19-29(22-37-26-11-9-24(30)10-12-26)17-6-18-32(21-29)38(34,35)27-15-13-25(36-2)14-16-27/h3-5,7-16H,6,17-22H2,1-2H3/t29-/m0/s1. The average molecular weight is 557 g/mol. The molecule has 1 amide bonds. The van der Waals surface area contributed by atoms with Gasteiger partial charge in [-0.05, 0) is 66.9 Å². The number of amides is 1. The summed E-state index contributed by atoms with van der Waals surface area (Å²) in [4.78, 5) is 15.3. The van der Waals surface area contributed by atoms with Crippen molar-refractivity contribution in [2.45, 2.75) is 30.7 Å². The van der Waals surface area contributed by atoms with Gasteiger partial charge in [-0.15, -0.1) is 0 Å². The second kappa shape index (κ2) is 12.2. The number of hydrogen-bond acceptors (Lipinski definition) is 5. The molecule has 38 heavy (non-hydrogen) atoms. The van der Waals surface area contributed by atoms with Gasteiger partial charge in [-0.3, -0.25) is 4.79 Å². The third-order valence-corrected chi connectivity index (χ3v) is 9.01. The SMILES string of the molecule is COc1ccc(S(=O)(=O)N2CCC[C@](COc3ccc(Cl)cc3)(CC(=O)N(C)Cc3ccccc3)C2)cc1. The molecule has 7 nitrogen and oxygen atoms in total. The molecule has 202 valence electrons. The largest absolute Gasteiger partial charge is 0.497 e. The first-order valence-electron chi connectivity index (χ1n) is 12.5. The molecule has 0 spiro atoms. The minimum atomic E-state index is -3.77. The molecule has 3 aromatic carbocycles. The maximum atomic E-state index is 13.6. The number of piperidine rings is 1. The van der Waals surface area contributed by atoms with E-state index in [2.05, 4.69) is 0 Å². The van der Waals surface area contributed by atoms with E-state index in [1.807, 2.05) is 30.3 Å². The van der Waals surface area contributed by atoms with Crippen LogP contribution in [0.25, 0.3) is 0 Å². The van der Waals surface area contributed by atoms with E-state index in [1.54, 1.807) is 60.5 Å². The number of methoxy groups -OCH3 is 1. The van der Waals surface area contributed by atoms with E-state index in [-0.39, 0.29) is 30.4 Å². The van der Waals surface area contributed by atoms with Crippen molar-refractivity contribution < 1.29 is 22.7 Å². The van der Waals surface area contributed by atoms with E-state index in [0.717, 1.165) is 5.56 Å². The molecule has 1 fully saturated rings. The third-order valence-electron chi connectivity index (χ3n) is 6.90. The molecule has 0 aliphatic carbocycles. The monoisotopic (exact) mass is 556 g/mol. The zero-order valence-electron chi connectivity index (χ0n) is 21.7. The van der Waals surface area contributed by atoms with Crippen LogP contribution < -0.4 is 9.47 Å². The van der Waals surface area contributed by atoms with Crippen LogP contribution in [0.5, 0.6) is 11.5 Å². The van der Waals surface area contributed by atoms with Crippen molar-refractivity contribution in [1.29, 1.82) is 0 Å². The third kappa shape index (κ3) is 6.87. The van der Waals surface area contributed by atoms with Crippen LogP contribution in [0, 0.1) is 5.41 Å². The molecule has 0 radical (unpaired) electrons. The lowest BCUT2D eigenvalue weighted by Crippen LogP contribution is -2.50. The van der Waals surface area contributed by atoms with Crippen molar-refractivity contribution in [3.63, 3.8) is 0 Å². The van der Waals surface area contributed by atoms with Crippen molar-refractivity contribution in [3.05, 3.63) is 89.4 Å². The summed E-state index contributed by atoms with van der Waals surface area (Å²) in [5.74, 6) is 1.15. The van der Waals surface area contributed by atoms with Gasteiger partial charge in [0.25, 0.3) is 0 Å². The smallest absolute Gasteiger partial charge is 0.243 e. The summed E-state index contributed by atoms with van der Waals surface area (Å²) in [6.45, 7) is 1.24. The quantitative estimate of drug-likeness (QED) is 0.341. The van der Waals surface area contributed by atoms with Gasteiger partial charge in [-0.2, -0.15) is 4.31 Å². The summed E-state index contributed by atoms with van der Waals surface area (Å²) in [7, 11) is -0.459. The van der Waals surface area contributed by atoms with E-state index in [0.29, 0.717) is 42.5 Å². The fourth-order valence-electron chi connectivity index (χ4n) is 4.75. The van der Waals surface area contributed by atoms with E-state index >= 15 is 0 Å². The fourth-order valence-corrected chi connectivity index (χ4v) is 6.46. The average Bonchev–Trinajstić information content (AvgIpc) is 2.93. The minimum Gasteiger partial charge on any atom is -0.497 e. The molecule has 4 rings (SSSR count). The highest BCUT2D eigenvalue weighted by atomic mass is 35.5. The summed E-state index contributed by atoms with van der Waals surface area (Å²) in [6, 6.07) is 23.2. The van der Waals surface area contributed by atoms with Gasteiger partial charge in [-0.1, -0.05) is 41.9 Å². The van der Waals surface area contributed by atoms with Crippen LogP contribution in [-0.2, 0) is 21.4 Å². The van der Waals surface area contributed by atoms with Crippen LogP contribution in [0.4, 0.5) is 0 Å². The molecule has 1 heterocycles. The van der Waals surface area contributed by atoms with Crippen LogP contribution in [0.3, 0.4) is 0 Å². The number of ether oxygens (including phenoxy) is 2. The van der Waals surface area contributed by atoms with Crippen molar-refractivity contribution in [2.75, 3.05) is 33.9 Å². The Hall–Kier alpha value is -3.07. The summed E-state index contributed by atoms with van der Waals surface area (Å²) in [5, 5.41) is 0.596. The molecule has 0 unspecified atom stereocenters. The first kappa shape index (κ1) is 28.0. The zero-order valence-corrected chi connectivity index (χ0v) is 23.2. The van der Waals surface area contributed by atoms with E-state index in [9.17, 15) is 13.2 Å². The lowest BCUT2D eigenvalue weighted by atomic mass is 9.78. The van der Waals surface area contributed by atoms with Crippen LogP contribution in [0.15, 0.2) is 83.8 Å². The van der Waals surface area contributed by atoms with E-state index in [1.165, 1.54) is 11.4 Å². The van der Waals surface area contributed by atoms with Crippen molar-refractivity contribution in [3.8, 4) is 11.5 Å². The van der Waals surface area contributed by atoms with Crippen LogP contribution in [-0.4, -0.2) is 57.4 Å². The second-order valence-corrected chi connectivity index (χ2v) is 12.1. The molecule has 0 saturated carbocycles. The number of sulfonamides is 1. The Kier molecular flexibility index (Phi) is 8.97. The van der Waals surface area contributed by atoms with Gasteiger partial charge in [0.05, 0.1) is 18.6 Å². The number of benzene rings is 3. The number of rotatable bonds is 10. The lowest BCUT2D eigenvalue weighted by molar-refractivity contribution is -0.134. The number of carbonyl (C=O) groups is 1. The Balaban J connectivity index is 1.56. The van der Waals surface area contributed by atoms with Gasteiger partial charge in [0.15, 0.2) is 0 Å². The van der Waals surface area contributed by atoms with Crippen molar-refractivity contribution >= 4 is 27.5 Å². The Bertz CT molecular complexity index is 1320. The summed E-state index contributed by atoms with van der Waals surface area (Å²) in [6.07, 6.45) is 1.45. The van der Waals surface area contributed by atoms with Crippen molar-refractivity contribution in [1.82, 2.24) is 9.21 Å². The summed E-state index contributed by atoms with van der Waals surface area (Å²) in [5.41, 5.74) is 0.335. The first-order valence-corrected chi connectivity index (χ1v) is 14.3. The second-order valence-electron chi connectivity index (χ2n) is 9.77. The van der Waals surface area contributed by atoms with Crippen LogP contribution >= 0.6 is 11.6 Å². The maximum absolute atomic E-state index is 13.6. The number of carbonyl (C=O) groups excluding carboxylic acids is 1. The molecule has 9 heteroatoms. The molecular formula is C29H33ClN2O5S. The van der Waals surface area contributed by atoms with E-state index < -0.39 is 15.4 Å². The maximum Gasteiger partial charge on any atom is 0.243 e. The molecule has 1 aliphatic rings. The van der Waals surface area contributed by atoms with Crippen LogP contribution in [0.2, 0.25) is 5.02 Å².